The van der Waals surface area contributed by atoms with Crippen LogP contribution in [0.4, 0.5) is 0 Å². The van der Waals surface area contributed by atoms with Crippen LogP contribution < -0.4 is 11.2 Å². The van der Waals surface area contributed by atoms with E-state index in [1.807, 2.05) is 0 Å². The Morgan fingerprint density at radius 3 is 2.78 bits per heavy atom. The Labute approximate surface area is 101 Å². The Hall–Kier alpha value is -2.44. The fourth-order valence-corrected chi connectivity index (χ4v) is 1.56. The molecule has 2 aromatic heterocycles. The highest BCUT2D eigenvalue weighted by Gasteiger charge is 2.12. The molecule has 2 heterocycles. The first-order valence-corrected chi connectivity index (χ1v) is 5.24. The van der Waals surface area contributed by atoms with Crippen LogP contribution in [0.25, 0.3) is 0 Å². The lowest BCUT2D eigenvalue weighted by atomic mass is 10.2. The van der Waals surface area contributed by atoms with Gasteiger partial charge in [0, 0.05) is 12.3 Å². The molecule has 0 bridgehead atoms. The third kappa shape index (κ3) is 2.15. The highest BCUT2D eigenvalue weighted by molar-refractivity contribution is 5.93. The van der Waals surface area contributed by atoms with Crippen molar-refractivity contribution in [1.82, 2.24) is 14.7 Å². The summed E-state index contributed by atoms with van der Waals surface area (Å²) in [5, 5.41) is 3.70. The van der Waals surface area contributed by atoms with Gasteiger partial charge in [0.1, 0.15) is 11.5 Å². The van der Waals surface area contributed by atoms with Gasteiger partial charge < -0.3 is 9.51 Å². The summed E-state index contributed by atoms with van der Waals surface area (Å²) in [6, 6.07) is 1.62. The van der Waals surface area contributed by atoms with Gasteiger partial charge in [-0.05, 0) is 13.8 Å². The molecule has 0 aliphatic carbocycles. The van der Waals surface area contributed by atoms with Gasteiger partial charge in [-0.15, -0.1) is 0 Å². The average molecular weight is 249 g/mol. The molecular formula is C11H11N3O4. The molecule has 0 unspecified atom stereocenters. The third-order valence-corrected chi connectivity index (χ3v) is 2.44. The Morgan fingerprint density at radius 2 is 2.22 bits per heavy atom. The van der Waals surface area contributed by atoms with Gasteiger partial charge in [-0.3, -0.25) is 14.2 Å². The number of ketones is 1. The minimum Gasteiger partial charge on any atom is -0.361 e. The number of aryl methyl sites for hydroxylation is 1. The van der Waals surface area contributed by atoms with Gasteiger partial charge in [-0.2, -0.15) is 0 Å². The zero-order valence-corrected chi connectivity index (χ0v) is 9.89. The third-order valence-electron chi connectivity index (χ3n) is 2.44. The Bertz CT molecular complexity index is 708. The van der Waals surface area contributed by atoms with Crippen molar-refractivity contribution in [3.8, 4) is 0 Å². The number of carbonyl (C=O) groups excluding carboxylic acids is 1. The van der Waals surface area contributed by atoms with Gasteiger partial charge in [0.25, 0.3) is 5.56 Å². The molecule has 0 saturated heterocycles. The normalized spacial score (nSPS) is 10.6. The molecule has 0 atom stereocenters. The molecule has 2 aromatic rings. The first-order valence-electron chi connectivity index (χ1n) is 5.24. The summed E-state index contributed by atoms with van der Waals surface area (Å²) in [6.45, 7) is 2.93. The second-order valence-corrected chi connectivity index (χ2v) is 3.88. The van der Waals surface area contributed by atoms with Gasteiger partial charge in [-0.25, -0.2) is 4.79 Å². The van der Waals surface area contributed by atoms with E-state index in [4.69, 9.17) is 4.52 Å². The summed E-state index contributed by atoms with van der Waals surface area (Å²) in [4.78, 5) is 37.0. The minimum atomic E-state index is -0.632. The van der Waals surface area contributed by atoms with Gasteiger partial charge in [0.05, 0.1) is 12.1 Å². The summed E-state index contributed by atoms with van der Waals surface area (Å²) < 4.78 is 5.76. The molecule has 7 nitrogen and oxygen atoms in total. The van der Waals surface area contributed by atoms with Crippen LogP contribution in [0.2, 0.25) is 0 Å². The molecule has 0 aliphatic heterocycles. The topological polar surface area (TPSA) is 98.0 Å². The second-order valence-electron chi connectivity index (χ2n) is 3.88. The van der Waals surface area contributed by atoms with Crippen molar-refractivity contribution in [3.63, 3.8) is 0 Å². The number of nitrogens with one attached hydrogen (secondary N) is 1. The second kappa shape index (κ2) is 4.44. The van der Waals surface area contributed by atoms with Crippen molar-refractivity contribution in [1.29, 1.82) is 0 Å². The van der Waals surface area contributed by atoms with Crippen molar-refractivity contribution in [2.45, 2.75) is 20.4 Å². The van der Waals surface area contributed by atoms with Crippen LogP contribution in [-0.4, -0.2) is 20.5 Å². The first-order chi connectivity index (χ1) is 8.49. The zero-order chi connectivity index (χ0) is 13.3. The summed E-state index contributed by atoms with van der Waals surface area (Å²) in [6.07, 6.45) is 1.12. The molecule has 7 heteroatoms. The number of hydrogen-bond acceptors (Lipinski definition) is 5. The monoisotopic (exact) mass is 249 g/mol. The van der Waals surface area contributed by atoms with E-state index in [1.165, 1.54) is 6.92 Å². The van der Waals surface area contributed by atoms with E-state index in [2.05, 4.69) is 10.1 Å². The van der Waals surface area contributed by atoms with Crippen LogP contribution >= 0.6 is 0 Å². The minimum absolute atomic E-state index is 0.0351. The quantitative estimate of drug-likeness (QED) is 0.777. The lowest BCUT2D eigenvalue weighted by Gasteiger charge is -2.02. The number of aromatic amines is 1. The van der Waals surface area contributed by atoms with Crippen LogP contribution in [0.1, 0.15) is 28.7 Å². The number of carbonyl (C=O) groups is 1. The van der Waals surface area contributed by atoms with Crippen LogP contribution in [0.3, 0.4) is 0 Å². The zero-order valence-electron chi connectivity index (χ0n) is 9.89. The van der Waals surface area contributed by atoms with Crippen LogP contribution in [0.5, 0.6) is 0 Å². The molecule has 0 radical (unpaired) electrons. The van der Waals surface area contributed by atoms with E-state index in [1.54, 1.807) is 13.0 Å². The van der Waals surface area contributed by atoms with E-state index in [0.29, 0.717) is 11.5 Å². The maximum Gasteiger partial charge on any atom is 0.328 e. The molecule has 0 spiro atoms. The van der Waals surface area contributed by atoms with Gasteiger partial charge in [0.15, 0.2) is 5.78 Å². The molecule has 0 amide bonds. The summed E-state index contributed by atoms with van der Waals surface area (Å²) in [5.74, 6) is 0.179. The van der Waals surface area contributed by atoms with Gasteiger partial charge in [0.2, 0.25) is 0 Å². The summed E-state index contributed by atoms with van der Waals surface area (Å²) in [7, 11) is 0. The maximum absolute atomic E-state index is 11.9. The van der Waals surface area contributed by atoms with Gasteiger partial charge in [-0.1, -0.05) is 5.16 Å². The molecule has 0 aliphatic rings. The molecule has 18 heavy (non-hydrogen) atoms. The largest absolute Gasteiger partial charge is 0.361 e. The van der Waals surface area contributed by atoms with E-state index >= 15 is 0 Å². The van der Waals surface area contributed by atoms with E-state index in [0.717, 1.165) is 10.8 Å². The fraction of sp³-hybridized carbons (Fsp3) is 0.273. The maximum atomic E-state index is 11.9. The smallest absolute Gasteiger partial charge is 0.328 e. The van der Waals surface area contributed by atoms with Crippen molar-refractivity contribution < 1.29 is 9.32 Å². The molecule has 0 saturated carbocycles. The molecule has 1 N–H and O–H groups in total. The van der Waals surface area contributed by atoms with E-state index in [9.17, 15) is 14.4 Å². The molecule has 0 fully saturated rings. The SMILES string of the molecule is CC(=O)c1c[nH]c(=O)n(Cc2cc(C)on2)c1=O. The highest BCUT2D eigenvalue weighted by Crippen LogP contribution is 2.01. The average Bonchev–Trinajstić information content (AvgIpc) is 2.69. The Kier molecular flexibility index (Phi) is 2.97. The fourth-order valence-electron chi connectivity index (χ4n) is 1.56. The van der Waals surface area contributed by atoms with Crippen LogP contribution in [-0.2, 0) is 6.54 Å². The number of nitrogens with zero attached hydrogens (tertiary/aromatic N) is 2. The Morgan fingerprint density at radius 1 is 1.50 bits per heavy atom. The predicted octanol–water partition coefficient (Wildman–Crippen LogP) is 0.0839. The lowest BCUT2D eigenvalue weighted by molar-refractivity contribution is 0.101. The van der Waals surface area contributed by atoms with Crippen molar-refractivity contribution in [2.75, 3.05) is 0 Å². The van der Waals surface area contributed by atoms with Gasteiger partial charge >= 0.3 is 5.69 Å². The highest BCUT2D eigenvalue weighted by atomic mass is 16.5. The number of aromatic nitrogens is 3. The predicted molar refractivity (Wildman–Crippen MR) is 61.7 cm³/mol. The molecule has 94 valence electrons. The summed E-state index contributed by atoms with van der Waals surface area (Å²) in [5.41, 5.74) is -0.840. The van der Waals surface area contributed by atoms with Crippen molar-refractivity contribution >= 4 is 5.78 Å². The van der Waals surface area contributed by atoms with Crippen molar-refractivity contribution in [2.24, 2.45) is 0 Å². The summed E-state index contributed by atoms with van der Waals surface area (Å²) >= 11 is 0. The lowest BCUT2D eigenvalue weighted by Crippen LogP contribution is -2.38. The molecular weight excluding hydrogens is 238 g/mol. The van der Waals surface area contributed by atoms with Crippen molar-refractivity contribution in [3.05, 3.63) is 50.1 Å². The van der Waals surface area contributed by atoms with E-state index < -0.39 is 17.0 Å². The molecule has 2 rings (SSSR count). The number of Topliss-reactive ketones (excluding diaryl/α,β-unsaturated/α-hetero) is 1. The number of hydrogen-bond donors (Lipinski definition) is 1. The number of rotatable bonds is 3. The number of H-pyrrole nitrogens is 1. The van der Waals surface area contributed by atoms with E-state index in [-0.39, 0.29) is 12.1 Å². The first kappa shape index (κ1) is 12.0. The Balaban J connectivity index is 2.50. The standard InChI is InChI=1S/C11H11N3O4/c1-6-3-8(13-18-6)5-14-10(16)9(7(2)15)4-12-11(14)17/h3-4H,5H2,1-2H3,(H,12,17). The van der Waals surface area contributed by atoms with Crippen LogP contribution in [0, 0.1) is 6.92 Å². The van der Waals surface area contributed by atoms with Crippen LogP contribution in [0.15, 0.2) is 26.4 Å². The molecule has 0 aromatic carbocycles.